The van der Waals surface area contributed by atoms with Gasteiger partial charge in [-0.1, -0.05) is 13.0 Å². The van der Waals surface area contributed by atoms with Crippen molar-refractivity contribution in [2.45, 2.75) is 13.3 Å². The van der Waals surface area contributed by atoms with E-state index in [-0.39, 0.29) is 0 Å². The number of aromatic nitrogens is 1. The largest absolute Gasteiger partial charge is 0.493 e. The molecule has 0 N–H and O–H groups in total. The van der Waals surface area contributed by atoms with Crippen molar-refractivity contribution in [3.63, 3.8) is 0 Å². The van der Waals surface area contributed by atoms with Gasteiger partial charge in [0.05, 0.1) is 7.11 Å². The summed E-state index contributed by atoms with van der Waals surface area (Å²) in [5.41, 5.74) is 1.50. The van der Waals surface area contributed by atoms with Crippen molar-refractivity contribution in [2.75, 3.05) is 7.11 Å². The van der Waals surface area contributed by atoms with Crippen molar-refractivity contribution in [1.82, 2.24) is 4.98 Å². The lowest BCUT2D eigenvalue weighted by molar-refractivity contribution is 0.378. The van der Waals surface area contributed by atoms with E-state index in [0.29, 0.717) is 22.9 Å². The molecular formula is C15H14N2O2. The zero-order chi connectivity index (χ0) is 13.7. The third kappa shape index (κ3) is 3.02. The highest BCUT2D eigenvalue weighted by Crippen LogP contribution is 2.32. The standard InChI is InChI=1S/C15H14N2O2/c1-3-11-4-5-14(15(8-11)18-2)19-13-6-7-17-12(9-13)10-16/h4-9H,3H2,1-2H3. The first-order valence-corrected chi connectivity index (χ1v) is 5.97. The number of aryl methyl sites for hydroxylation is 1. The number of benzene rings is 1. The maximum Gasteiger partial charge on any atom is 0.169 e. The van der Waals surface area contributed by atoms with Crippen molar-refractivity contribution in [2.24, 2.45) is 0 Å². The van der Waals surface area contributed by atoms with Crippen molar-refractivity contribution in [1.29, 1.82) is 5.26 Å². The quantitative estimate of drug-likeness (QED) is 0.839. The van der Waals surface area contributed by atoms with Crippen LogP contribution in [-0.4, -0.2) is 12.1 Å². The van der Waals surface area contributed by atoms with Gasteiger partial charge in [0.2, 0.25) is 0 Å². The second-order valence-electron chi connectivity index (χ2n) is 3.93. The Hall–Kier alpha value is -2.54. The lowest BCUT2D eigenvalue weighted by atomic mass is 10.1. The molecule has 0 bridgehead atoms. The van der Waals surface area contributed by atoms with Gasteiger partial charge in [0.25, 0.3) is 0 Å². The van der Waals surface area contributed by atoms with Crippen molar-refractivity contribution >= 4 is 0 Å². The predicted molar refractivity (Wildman–Crippen MR) is 71.4 cm³/mol. The Bertz CT molecular complexity index is 618. The molecule has 0 saturated heterocycles. The molecule has 0 atom stereocenters. The van der Waals surface area contributed by atoms with Crippen molar-refractivity contribution in [3.8, 4) is 23.3 Å². The molecule has 19 heavy (non-hydrogen) atoms. The Balaban J connectivity index is 2.30. The number of hydrogen-bond donors (Lipinski definition) is 0. The normalized spacial score (nSPS) is 9.74. The maximum absolute atomic E-state index is 8.80. The maximum atomic E-state index is 8.80. The minimum Gasteiger partial charge on any atom is -0.493 e. The van der Waals surface area contributed by atoms with E-state index in [0.717, 1.165) is 6.42 Å². The molecule has 1 heterocycles. The van der Waals surface area contributed by atoms with Gasteiger partial charge in [-0.15, -0.1) is 0 Å². The summed E-state index contributed by atoms with van der Waals surface area (Å²) in [5.74, 6) is 1.86. The second-order valence-corrected chi connectivity index (χ2v) is 3.93. The number of rotatable bonds is 4. The highest BCUT2D eigenvalue weighted by Gasteiger charge is 2.07. The molecular weight excluding hydrogens is 240 g/mol. The van der Waals surface area contributed by atoms with Crippen LogP contribution >= 0.6 is 0 Å². The van der Waals surface area contributed by atoms with E-state index in [2.05, 4.69) is 11.9 Å². The zero-order valence-corrected chi connectivity index (χ0v) is 10.9. The molecule has 2 rings (SSSR count). The van der Waals surface area contributed by atoms with Crippen LogP contribution < -0.4 is 9.47 Å². The summed E-state index contributed by atoms with van der Waals surface area (Å²) in [4.78, 5) is 3.90. The minimum atomic E-state index is 0.321. The SMILES string of the molecule is CCc1ccc(Oc2ccnc(C#N)c2)c(OC)c1. The van der Waals surface area contributed by atoms with E-state index in [4.69, 9.17) is 14.7 Å². The fourth-order valence-corrected chi connectivity index (χ4v) is 1.68. The number of hydrogen-bond acceptors (Lipinski definition) is 4. The summed E-state index contributed by atoms with van der Waals surface area (Å²) >= 11 is 0. The van der Waals surface area contributed by atoms with Crippen LogP contribution in [0.4, 0.5) is 0 Å². The Kier molecular flexibility index (Phi) is 3.99. The Morgan fingerprint density at radius 3 is 2.74 bits per heavy atom. The van der Waals surface area contributed by atoms with Gasteiger partial charge in [-0.05, 0) is 30.2 Å². The van der Waals surface area contributed by atoms with E-state index in [9.17, 15) is 0 Å². The fraction of sp³-hybridized carbons (Fsp3) is 0.200. The number of ether oxygens (including phenoxy) is 2. The first-order valence-electron chi connectivity index (χ1n) is 5.97. The van der Waals surface area contributed by atoms with Gasteiger partial charge in [0.15, 0.2) is 11.5 Å². The van der Waals surface area contributed by atoms with Crippen LogP contribution in [0.2, 0.25) is 0 Å². The van der Waals surface area contributed by atoms with Gasteiger partial charge in [-0.25, -0.2) is 4.98 Å². The van der Waals surface area contributed by atoms with E-state index < -0.39 is 0 Å². The second kappa shape index (κ2) is 5.87. The lowest BCUT2D eigenvalue weighted by Gasteiger charge is -2.11. The van der Waals surface area contributed by atoms with Crippen LogP contribution in [0.25, 0.3) is 0 Å². The van der Waals surface area contributed by atoms with Crippen LogP contribution in [0, 0.1) is 11.3 Å². The third-order valence-electron chi connectivity index (χ3n) is 2.71. The van der Waals surface area contributed by atoms with E-state index in [1.54, 1.807) is 25.4 Å². The minimum absolute atomic E-state index is 0.321. The van der Waals surface area contributed by atoms with Crippen LogP contribution in [0.1, 0.15) is 18.2 Å². The Morgan fingerprint density at radius 1 is 1.21 bits per heavy atom. The summed E-state index contributed by atoms with van der Waals surface area (Å²) in [6.45, 7) is 2.08. The molecule has 96 valence electrons. The summed E-state index contributed by atoms with van der Waals surface area (Å²) in [7, 11) is 1.61. The van der Waals surface area contributed by atoms with Gasteiger partial charge in [0.1, 0.15) is 17.5 Å². The number of pyridine rings is 1. The van der Waals surface area contributed by atoms with Crippen LogP contribution in [0.15, 0.2) is 36.5 Å². The Morgan fingerprint density at radius 2 is 2.05 bits per heavy atom. The van der Waals surface area contributed by atoms with E-state index >= 15 is 0 Å². The van der Waals surface area contributed by atoms with Gasteiger partial charge < -0.3 is 9.47 Å². The molecule has 0 aliphatic rings. The first kappa shape index (κ1) is 12.9. The topological polar surface area (TPSA) is 55.1 Å². The monoisotopic (exact) mass is 254 g/mol. The fourth-order valence-electron chi connectivity index (χ4n) is 1.68. The summed E-state index contributed by atoms with van der Waals surface area (Å²) in [5, 5.41) is 8.80. The molecule has 0 aliphatic carbocycles. The van der Waals surface area contributed by atoms with Gasteiger partial charge in [-0.2, -0.15) is 5.26 Å². The van der Waals surface area contributed by atoms with Crippen LogP contribution in [0.5, 0.6) is 17.2 Å². The van der Waals surface area contributed by atoms with Gasteiger partial charge >= 0.3 is 0 Å². The van der Waals surface area contributed by atoms with Crippen molar-refractivity contribution in [3.05, 3.63) is 47.8 Å². The average molecular weight is 254 g/mol. The molecule has 4 nitrogen and oxygen atoms in total. The first-order chi connectivity index (χ1) is 9.26. The highest BCUT2D eigenvalue weighted by molar-refractivity contribution is 5.45. The predicted octanol–water partition coefficient (Wildman–Crippen LogP) is 3.32. The van der Waals surface area contributed by atoms with E-state index in [1.807, 2.05) is 24.3 Å². The molecule has 1 aromatic heterocycles. The summed E-state index contributed by atoms with van der Waals surface area (Å²) in [6, 6.07) is 11.1. The summed E-state index contributed by atoms with van der Waals surface area (Å²) in [6.07, 6.45) is 2.48. The smallest absolute Gasteiger partial charge is 0.169 e. The summed E-state index contributed by atoms with van der Waals surface area (Å²) < 4.78 is 11.0. The van der Waals surface area contributed by atoms with E-state index in [1.165, 1.54) is 5.56 Å². The number of methoxy groups -OCH3 is 1. The average Bonchev–Trinajstić information content (AvgIpc) is 2.48. The molecule has 2 aromatic rings. The molecule has 0 fully saturated rings. The number of nitriles is 1. The molecule has 0 aliphatic heterocycles. The highest BCUT2D eigenvalue weighted by atomic mass is 16.5. The molecule has 1 aromatic carbocycles. The molecule has 0 radical (unpaired) electrons. The van der Waals surface area contributed by atoms with Gasteiger partial charge in [0, 0.05) is 12.3 Å². The number of nitrogens with zero attached hydrogens (tertiary/aromatic N) is 2. The third-order valence-corrected chi connectivity index (χ3v) is 2.71. The van der Waals surface area contributed by atoms with Crippen LogP contribution in [-0.2, 0) is 6.42 Å². The zero-order valence-electron chi connectivity index (χ0n) is 10.9. The molecule has 0 unspecified atom stereocenters. The lowest BCUT2D eigenvalue weighted by Crippen LogP contribution is -1.93. The molecule has 0 spiro atoms. The van der Waals surface area contributed by atoms with Gasteiger partial charge in [-0.3, -0.25) is 0 Å². The van der Waals surface area contributed by atoms with Crippen LogP contribution in [0.3, 0.4) is 0 Å². The molecule has 4 heteroatoms. The molecule has 0 saturated carbocycles. The van der Waals surface area contributed by atoms with Crippen molar-refractivity contribution < 1.29 is 9.47 Å². The Labute approximate surface area is 112 Å². The molecule has 0 amide bonds.